The minimum Gasteiger partial charge on any atom is -0.363 e. The number of anilines is 1. The van der Waals surface area contributed by atoms with E-state index in [-0.39, 0.29) is 5.91 Å². The molecule has 3 rings (SSSR count). The Morgan fingerprint density at radius 1 is 1.12 bits per heavy atom. The zero-order valence-corrected chi connectivity index (χ0v) is 14.0. The number of benzene rings is 1. The van der Waals surface area contributed by atoms with Crippen LogP contribution in [0.2, 0.25) is 0 Å². The van der Waals surface area contributed by atoms with Crippen molar-refractivity contribution in [3.8, 4) is 10.6 Å². The largest absolute Gasteiger partial charge is 0.363 e. The van der Waals surface area contributed by atoms with Crippen LogP contribution >= 0.6 is 11.3 Å². The van der Waals surface area contributed by atoms with Gasteiger partial charge in [-0.15, -0.1) is 10.2 Å². The van der Waals surface area contributed by atoms with Gasteiger partial charge in [-0.05, 0) is 19.1 Å². The number of carbonyl (C=O) groups is 1. The van der Waals surface area contributed by atoms with E-state index in [0.717, 1.165) is 15.6 Å². The highest BCUT2D eigenvalue weighted by atomic mass is 32.1. The maximum Gasteiger partial charge on any atom is 0.252 e. The number of rotatable bonds is 6. The lowest BCUT2D eigenvalue weighted by Gasteiger charge is -2.05. The lowest BCUT2D eigenvalue weighted by molar-refractivity contribution is 0.0955. The van der Waals surface area contributed by atoms with Gasteiger partial charge in [0.05, 0.1) is 12.1 Å². The van der Waals surface area contributed by atoms with Crippen LogP contribution in [-0.4, -0.2) is 27.6 Å². The van der Waals surface area contributed by atoms with Gasteiger partial charge in [0.15, 0.2) is 0 Å². The molecule has 0 saturated carbocycles. The molecule has 2 N–H and O–H groups in total. The summed E-state index contributed by atoms with van der Waals surface area (Å²) in [5, 5.41) is 16.1. The first-order valence-electron chi connectivity index (χ1n) is 7.62. The van der Waals surface area contributed by atoms with Gasteiger partial charge in [0.1, 0.15) is 15.8 Å². The molecule has 1 amide bonds. The van der Waals surface area contributed by atoms with Crippen LogP contribution in [-0.2, 0) is 6.54 Å². The Bertz CT molecular complexity index is 801. The lowest BCUT2D eigenvalue weighted by Crippen LogP contribution is -2.22. The number of carbonyl (C=O) groups excluding carboxylic acids is 1. The molecule has 2 heterocycles. The zero-order chi connectivity index (χ0) is 16.8. The molecule has 0 aliphatic heterocycles. The SMILES string of the molecule is CCNC(=O)c1ccc(NCc2nnc(-c3ccccc3)s2)nc1. The standard InChI is InChI=1S/C17H17N5OS/c1-2-18-16(23)13-8-9-14(19-10-13)20-11-15-21-22-17(24-15)12-6-4-3-5-7-12/h3-10H,2,11H2,1H3,(H,18,23)(H,19,20). The molecular weight excluding hydrogens is 322 g/mol. The van der Waals surface area contributed by atoms with Gasteiger partial charge < -0.3 is 10.6 Å². The van der Waals surface area contributed by atoms with Crippen LogP contribution in [0.3, 0.4) is 0 Å². The summed E-state index contributed by atoms with van der Waals surface area (Å²) in [4.78, 5) is 15.9. The van der Waals surface area contributed by atoms with E-state index < -0.39 is 0 Å². The summed E-state index contributed by atoms with van der Waals surface area (Å²) in [5.41, 5.74) is 1.61. The van der Waals surface area contributed by atoms with Crippen molar-refractivity contribution in [1.29, 1.82) is 0 Å². The molecule has 0 unspecified atom stereocenters. The first kappa shape index (κ1) is 16.1. The summed E-state index contributed by atoms with van der Waals surface area (Å²) in [6.45, 7) is 3.02. The highest BCUT2D eigenvalue weighted by molar-refractivity contribution is 7.14. The Balaban J connectivity index is 1.60. The molecule has 7 heteroatoms. The smallest absolute Gasteiger partial charge is 0.252 e. The fraction of sp³-hybridized carbons (Fsp3) is 0.176. The van der Waals surface area contributed by atoms with E-state index in [1.165, 1.54) is 0 Å². The summed E-state index contributed by atoms with van der Waals surface area (Å²) in [6.07, 6.45) is 1.56. The molecule has 0 atom stereocenters. The van der Waals surface area contributed by atoms with Crippen LogP contribution < -0.4 is 10.6 Å². The van der Waals surface area contributed by atoms with Gasteiger partial charge in [-0.2, -0.15) is 0 Å². The average Bonchev–Trinajstić information content (AvgIpc) is 3.10. The van der Waals surface area contributed by atoms with Gasteiger partial charge in [-0.1, -0.05) is 41.7 Å². The monoisotopic (exact) mass is 339 g/mol. The van der Waals surface area contributed by atoms with E-state index in [9.17, 15) is 4.79 Å². The maximum atomic E-state index is 11.7. The number of pyridine rings is 1. The van der Waals surface area contributed by atoms with Crippen molar-refractivity contribution in [3.63, 3.8) is 0 Å². The Hall–Kier alpha value is -2.80. The summed E-state index contributed by atoms with van der Waals surface area (Å²) in [6, 6.07) is 13.5. The normalized spacial score (nSPS) is 10.4. The number of nitrogens with one attached hydrogen (secondary N) is 2. The summed E-state index contributed by atoms with van der Waals surface area (Å²) in [7, 11) is 0. The molecule has 0 spiro atoms. The van der Waals surface area contributed by atoms with Crippen LogP contribution in [0.4, 0.5) is 5.82 Å². The number of hydrogen-bond acceptors (Lipinski definition) is 6. The molecule has 1 aromatic carbocycles. The van der Waals surface area contributed by atoms with E-state index in [4.69, 9.17) is 0 Å². The van der Waals surface area contributed by atoms with Gasteiger partial charge in [0, 0.05) is 18.3 Å². The lowest BCUT2D eigenvalue weighted by atomic mass is 10.2. The topological polar surface area (TPSA) is 79.8 Å². The number of amides is 1. The molecule has 2 aromatic heterocycles. The second-order valence-corrected chi connectivity index (χ2v) is 6.07. The average molecular weight is 339 g/mol. The third kappa shape index (κ3) is 3.94. The maximum absolute atomic E-state index is 11.7. The van der Waals surface area contributed by atoms with E-state index in [2.05, 4.69) is 25.8 Å². The number of hydrogen-bond donors (Lipinski definition) is 2. The first-order chi connectivity index (χ1) is 11.8. The minimum atomic E-state index is -0.117. The van der Waals surface area contributed by atoms with E-state index in [1.807, 2.05) is 37.3 Å². The first-order valence-corrected chi connectivity index (χ1v) is 8.44. The van der Waals surface area contributed by atoms with Gasteiger partial charge in [-0.3, -0.25) is 4.79 Å². The van der Waals surface area contributed by atoms with Crippen molar-refractivity contribution >= 4 is 23.1 Å². The van der Waals surface area contributed by atoms with Crippen LogP contribution in [0, 0.1) is 0 Å². The number of aromatic nitrogens is 3. The van der Waals surface area contributed by atoms with Crippen molar-refractivity contribution in [2.24, 2.45) is 0 Å². The van der Waals surface area contributed by atoms with Gasteiger partial charge in [0.2, 0.25) is 0 Å². The molecule has 0 fully saturated rings. The number of nitrogens with zero attached hydrogens (tertiary/aromatic N) is 3. The van der Waals surface area contributed by atoms with Gasteiger partial charge in [-0.25, -0.2) is 4.98 Å². The molecule has 0 saturated heterocycles. The molecule has 0 aliphatic carbocycles. The third-order valence-electron chi connectivity index (χ3n) is 3.27. The Morgan fingerprint density at radius 3 is 2.67 bits per heavy atom. The van der Waals surface area contributed by atoms with E-state index >= 15 is 0 Å². The molecule has 3 aromatic rings. The molecule has 0 aliphatic rings. The van der Waals surface area contributed by atoms with Crippen molar-refractivity contribution < 1.29 is 4.79 Å². The summed E-state index contributed by atoms with van der Waals surface area (Å²) >= 11 is 1.54. The third-order valence-corrected chi connectivity index (χ3v) is 4.24. The molecule has 24 heavy (non-hydrogen) atoms. The predicted octanol–water partition coefficient (Wildman–Crippen LogP) is 2.96. The Labute approximate surface area is 144 Å². The molecular formula is C17H17N5OS. The highest BCUT2D eigenvalue weighted by Gasteiger charge is 2.07. The van der Waals surface area contributed by atoms with E-state index in [0.29, 0.717) is 24.5 Å². The predicted molar refractivity (Wildman–Crippen MR) is 94.9 cm³/mol. The van der Waals surface area contributed by atoms with Crippen molar-refractivity contribution in [1.82, 2.24) is 20.5 Å². The van der Waals surface area contributed by atoms with Crippen LogP contribution in [0.15, 0.2) is 48.7 Å². The molecule has 0 radical (unpaired) electrons. The quantitative estimate of drug-likeness (QED) is 0.722. The Kier molecular flexibility index (Phi) is 5.12. The second kappa shape index (κ2) is 7.65. The fourth-order valence-electron chi connectivity index (χ4n) is 2.08. The highest BCUT2D eigenvalue weighted by Crippen LogP contribution is 2.23. The summed E-state index contributed by atoms with van der Waals surface area (Å²) < 4.78 is 0. The Morgan fingerprint density at radius 2 is 1.96 bits per heavy atom. The van der Waals surface area contributed by atoms with Crippen LogP contribution in [0.5, 0.6) is 0 Å². The minimum absolute atomic E-state index is 0.117. The van der Waals surface area contributed by atoms with E-state index in [1.54, 1.807) is 29.7 Å². The van der Waals surface area contributed by atoms with Gasteiger partial charge in [0.25, 0.3) is 5.91 Å². The van der Waals surface area contributed by atoms with Crippen molar-refractivity contribution in [3.05, 3.63) is 59.2 Å². The molecule has 0 bridgehead atoms. The van der Waals surface area contributed by atoms with Crippen LogP contribution in [0.25, 0.3) is 10.6 Å². The molecule has 6 nitrogen and oxygen atoms in total. The molecule has 122 valence electrons. The zero-order valence-electron chi connectivity index (χ0n) is 13.2. The second-order valence-electron chi connectivity index (χ2n) is 5.01. The van der Waals surface area contributed by atoms with Crippen LogP contribution in [0.1, 0.15) is 22.3 Å². The fourth-order valence-corrected chi connectivity index (χ4v) is 2.87. The summed E-state index contributed by atoms with van der Waals surface area (Å²) in [5.74, 6) is 0.577. The van der Waals surface area contributed by atoms with Crippen molar-refractivity contribution in [2.75, 3.05) is 11.9 Å². The van der Waals surface area contributed by atoms with Gasteiger partial charge >= 0.3 is 0 Å². The van der Waals surface area contributed by atoms with Crippen molar-refractivity contribution in [2.45, 2.75) is 13.5 Å².